The van der Waals surface area contributed by atoms with Crippen molar-refractivity contribution in [3.8, 4) is 0 Å². The fraction of sp³-hybridized carbons (Fsp3) is 1.00. The Bertz CT molecular complexity index is 398. The van der Waals surface area contributed by atoms with Crippen LogP contribution in [0.5, 0.6) is 0 Å². The second kappa shape index (κ2) is 4.04. The first-order valence-corrected chi connectivity index (χ1v) is 8.64. The van der Waals surface area contributed by atoms with Crippen LogP contribution in [0.2, 0.25) is 0 Å². The van der Waals surface area contributed by atoms with E-state index in [0.717, 1.165) is 19.3 Å². The summed E-state index contributed by atoms with van der Waals surface area (Å²) in [6.45, 7) is 4.27. The van der Waals surface area contributed by atoms with Gasteiger partial charge in [-0.15, -0.1) is 7.26 Å². The lowest BCUT2D eigenvalue weighted by molar-refractivity contribution is 0.281. The van der Waals surface area contributed by atoms with Gasteiger partial charge in [-0.1, -0.05) is 20.3 Å². The molecule has 2 aliphatic rings. The molecule has 5 nitrogen and oxygen atoms in total. The van der Waals surface area contributed by atoms with Gasteiger partial charge in [-0.2, -0.15) is 8.42 Å². The highest BCUT2D eigenvalue weighted by atomic mass is 32.4. The van der Waals surface area contributed by atoms with E-state index in [1.807, 2.05) is 0 Å². The minimum absolute atomic E-state index is 0.245. The molecule has 2 unspecified atom stereocenters. The normalized spacial score (nSPS) is 38.2. The highest BCUT2D eigenvalue weighted by Crippen LogP contribution is 2.41. The van der Waals surface area contributed by atoms with Gasteiger partial charge >= 0.3 is 10.4 Å². The molecule has 0 aromatic heterocycles. The molecule has 1 aliphatic heterocycles. The number of thiol groups is 1. The summed E-state index contributed by atoms with van der Waals surface area (Å²) in [5.74, 6) is 1.54. The highest BCUT2D eigenvalue weighted by Gasteiger charge is 2.45. The van der Waals surface area contributed by atoms with Gasteiger partial charge in [-0.05, 0) is 30.6 Å². The van der Waals surface area contributed by atoms with Crippen molar-refractivity contribution in [2.75, 3.05) is 5.75 Å². The van der Waals surface area contributed by atoms with E-state index in [2.05, 4.69) is 21.1 Å². The standard InChI is InChI=1S/C9H18O5S2/c1-7(2)9-5-3-4-8(9)6-15(10)13-16(11,12)14-15/h7-9,15H,3-6H2,1-2H3. The molecule has 2 rings (SSSR count). The molecule has 2 fully saturated rings. The van der Waals surface area contributed by atoms with E-state index < -0.39 is 20.9 Å². The van der Waals surface area contributed by atoms with E-state index >= 15 is 0 Å². The largest absolute Gasteiger partial charge is 0.426 e. The quantitative estimate of drug-likeness (QED) is 0.780. The fourth-order valence-corrected chi connectivity index (χ4v) is 6.59. The Kier molecular flexibility index (Phi) is 3.15. The number of hydrogen-bond donors (Lipinski definition) is 1. The molecule has 0 amide bonds. The molecule has 0 bridgehead atoms. The third kappa shape index (κ3) is 2.47. The van der Waals surface area contributed by atoms with Gasteiger partial charge in [0.05, 0.1) is 0 Å². The van der Waals surface area contributed by atoms with Gasteiger partial charge in [0.1, 0.15) is 10.5 Å². The minimum atomic E-state index is -3.93. The molecule has 0 aromatic rings. The molecule has 7 heteroatoms. The van der Waals surface area contributed by atoms with Crippen molar-refractivity contribution in [3.05, 3.63) is 0 Å². The van der Waals surface area contributed by atoms with E-state index in [9.17, 15) is 12.6 Å². The topological polar surface area (TPSA) is 69.7 Å². The zero-order chi connectivity index (χ0) is 12.0. The van der Waals surface area contributed by atoms with Gasteiger partial charge < -0.3 is 0 Å². The predicted molar refractivity (Wildman–Crippen MR) is 61.2 cm³/mol. The van der Waals surface area contributed by atoms with Crippen molar-refractivity contribution < 1.29 is 19.9 Å². The molecule has 0 N–H and O–H groups in total. The van der Waals surface area contributed by atoms with Crippen molar-refractivity contribution in [2.45, 2.75) is 33.1 Å². The summed E-state index contributed by atoms with van der Waals surface area (Å²) in [6, 6.07) is 0. The van der Waals surface area contributed by atoms with Crippen molar-refractivity contribution in [3.63, 3.8) is 0 Å². The zero-order valence-corrected chi connectivity index (χ0v) is 11.2. The third-order valence-electron chi connectivity index (χ3n) is 3.44. The van der Waals surface area contributed by atoms with Gasteiger partial charge in [0.2, 0.25) is 0 Å². The van der Waals surface area contributed by atoms with E-state index in [1.54, 1.807) is 0 Å². The summed E-state index contributed by atoms with van der Waals surface area (Å²) in [5.41, 5.74) is 0. The van der Waals surface area contributed by atoms with Gasteiger partial charge in [-0.25, -0.2) is 4.21 Å². The molecular formula is C9H18O5S2. The van der Waals surface area contributed by atoms with Crippen molar-refractivity contribution >= 4 is 20.9 Å². The predicted octanol–water partition coefficient (Wildman–Crippen LogP) is 1.20. The van der Waals surface area contributed by atoms with E-state index in [1.165, 1.54) is 0 Å². The Morgan fingerprint density at radius 2 is 1.94 bits per heavy atom. The second-order valence-electron chi connectivity index (χ2n) is 4.95. The van der Waals surface area contributed by atoms with Crippen LogP contribution >= 0.6 is 0 Å². The van der Waals surface area contributed by atoms with Crippen LogP contribution in [0.4, 0.5) is 0 Å². The molecular weight excluding hydrogens is 252 g/mol. The average Bonchev–Trinajstić information content (AvgIpc) is 2.47. The van der Waals surface area contributed by atoms with Crippen LogP contribution in [0.25, 0.3) is 0 Å². The van der Waals surface area contributed by atoms with Gasteiger partial charge in [0, 0.05) is 5.75 Å². The smallest absolute Gasteiger partial charge is 0.232 e. The molecule has 1 heterocycles. The van der Waals surface area contributed by atoms with Gasteiger partial charge in [0.15, 0.2) is 0 Å². The van der Waals surface area contributed by atoms with Crippen molar-refractivity contribution in [1.29, 1.82) is 0 Å². The summed E-state index contributed by atoms with van der Waals surface area (Å²) in [4.78, 5) is 0. The molecule has 16 heavy (non-hydrogen) atoms. The molecule has 1 saturated heterocycles. The van der Waals surface area contributed by atoms with Crippen molar-refractivity contribution in [2.24, 2.45) is 17.8 Å². The summed E-state index contributed by atoms with van der Waals surface area (Å²) >= 11 is 0. The Labute approximate surface area is 97.7 Å². The molecule has 96 valence electrons. The Morgan fingerprint density at radius 3 is 2.44 bits per heavy atom. The van der Waals surface area contributed by atoms with Crippen LogP contribution < -0.4 is 0 Å². The van der Waals surface area contributed by atoms with E-state index in [0.29, 0.717) is 11.8 Å². The monoisotopic (exact) mass is 270 g/mol. The second-order valence-corrected chi connectivity index (χ2v) is 8.55. The highest BCUT2D eigenvalue weighted by molar-refractivity contribution is 8.14. The first-order chi connectivity index (χ1) is 7.31. The van der Waals surface area contributed by atoms with Crippen molar-refractivity contribution in [1.82, 2.24) is 0 Å². The van der Waals surface area contributed by atoms with Crippen LogP contribution in [0.15, 0.2) is 0 Å². The molecule has 2 atom stereocenters. The number of rotatable bonds is 3. The van der Waals surface area contributed by atoms with Crippen LogP contribution in [0.1, 0.15) is 33.1 Å². The minimum Gasteiger partial charge on any atom is -0.232 e. The Morgan fingerprint density at radius 1 is 1.31 bits per heavy atom. The first-order valence-electron chi connectivity index (χ1n) is 5.58. The molecule has 1 saturated carbocycles. The summed E-state index contributed by atoms with van der Waals surface area (Å²) < 4.78 is 42.0. The van der Waals surface area contributed by atoms with Gasteiger partial charge in [-0.3, -0.25) is 0 Å². The number of hydrogen-bond acceptors (Lipinski definition) is 5. The van der Waals surface area contributed by atoms with Crippen LogP contribution in [-0.4, -0.2) is 18.4 Å². The maximum Gasteiger partial charge on any atom is 0.426 e. The molecule has 0 spiro atoms. The molecule has 0 aromatic carbocycles. The lowest BCUT2D eigenvalue weighted by Gasteiger charge is -2.34. The average molecular weight is 270 g/mol. The maximum atomic E-state index is 11.8. The SMILES string of the molecule is CC(C)C1CCCC1C[SH]1(=O)OS(=O)(=O)O1. The lowest BCUT2D eigenvalue weighted by Crippen LogP contribution is -2.42. The Hall–Kier alpha value is 0.0200. The lowest BCUT2D eigenvalue weighted by atomic mass is 9.87. The first kappa shape index (κ1) is 12.5. The Balaban J connectivity index is 1.98. The summed E-state index contributed by atoms with van der Waals surface area (Å²) in [6.07, 6.45) is 3.22. The van der Waals surface area contributed by atoms with Crippen LogP contribution in [-0.2, 0) is 28.2 Å². The van der Waals surface area contributed by atoms with Crippen LogP contribution in [0, 0.1) is 17.8 Å². The zero-order valence-electron chi connectivity index (χ0n) is 9.46. The summed E-state index contributed by atoms with van der Waals surface area (Å²) in [7, 11) is -7.26. The van der Waals surface area contributed by atoms with Gasteiger partial charge in [0.25, 0.3) is 0 Å². The van der Waals surface area contributed by atoms with E-state index in [4.69, 9.17) is 0 Å². The summed E-state index contributed by atoms with van der Waals surface area (Å²) in [5, 5.41) is 0. The maximum absolute atomic E-state index is 11.8. The fourth-order valence-electron chi connectivity index (χ4n) is 2.80. The molecule has 1 aliphatic carbocycles. The molecule has 0 radical (unpaired) electrons. The van der Waals surface area contributed by atoms with Crippen LogP contribution in [0.3, 0.4) is 0 Å². The third-order valence-corrected chi connectivity index (χ3v) is 7.64. The van der Waals surface area contributed by atoms with E-state index in [-0.39, 0.29) is 11.7 Å².